The van der Waals surface area contributed by atoms with Gasteiger partial charge in [0.2, 0.25) is 0 Å². The van der Waals surface area contributed by atoms with Gasteiger partial charge in [-0.15, -0.1) is 0 Å². The van der Waals surface area contributed by atoms with Crippen LogP contribution in [0.3, 0.4) is 0 Å². The van der Waals surface area contributed by atoms with Gasteiger partial charge in [0, 0.05) is 16.7 Å². The predicted octanol–water partition coefficient (Wildman–Crippen LogP) is 3.90. The maximum Gasteiger partial charge on any atom is 0.196 e. The van der Waals surface area contributed by atoms with Crippen molar-refractivity contribution in [2.75, 3.05) is 0 Å². The van der Waals surface area contributed by atoms with Gasteiger partial charge in [0.05, 0.1) is 11.3 Å². The molecule has 1 aromatic heterocycles. The Bertz CT molecular complexity index is 693. The van der Waals surface area contributed by atoms with E-state index in [4.69, 9.17) is 0 Å². The number of rotatable bonds is 0. The van der Waals surface area contributed by atoms with Gasteiger partial charge in [0.25, 0.3) is 0 Å². The van der Waals surface area contributed by atoms with Crippen LogP contribution in [-0.2, 0) is 5.41 Å². The van der Waals surface area contributed by atoms with E-state index in [0.717, 1.165) is 33.6 Å². The van der Waals surface area contributed by atoms with Crippen LogP contribution in [0.1, 0.15) is 48.1 Å². The molecule has 2 nitrogen and oxygen atoms in total. The molecule has 1 aliphatic carbocycles. The number of nitrogens with zero attached hydrogens (tertiary/aromatic N) is 1. The molecule has 0 aliphatic heterocycles. The van der Waals surface area contributed by atoms with Crippen LogP contribution in [0.25, 0.3) is 11.1 Å². The lowest BCUT2D eigenvalue weighted by Gasteiger charge is -2.21. The zero-order chi connectivity index (χ0) is 13.8. The minimum Gasteiger partial charge on any atom is -0.288 e. The average Bonchev–Trinajstić information content (AvgIpc) is 2.62. The van der Waals surface area contributed by atoms with E-state index in [9.17, 15) is 4.79 Å². The Morgan fingerprint density at radius 2 is 1.63 bits per heavy atom. The number of carbonyl (C=O) groups is 1. The number of hydrogen-bond acceptors (Lipinski definition) is 2. The number of ketones is 1. The third-order valence-electron chi connectivity index (χ3n) is 3.55. The average molecular weight is 251 g/mol. The summed E-state index contributed by atoms with van der Waals surface area (Å²) in [4.78, 5) is 17.3. The highest BCUT2D eigenvalue weighted by molar-refractivity contribution is 6.22. The van der Waals surface area contributed by atoms with E-state index in [1.54, 1.807) is 0 Å². The molecule has 0 bridgehead atoms. The lowest BCUT2D eigenvalue weighted by Crippen LogP contribution is -2.19. The summed E-state index contributed by atoms with van der Waals surface area (Å²) in [6.07, 6.45) is 0. The minimum absolute atomic E-state index is 0.114. The van der Waals surface area contributed by atoms with E-state index >= 15 is 0 Å². The molecule has 0 saturated heterocycles. The van der Waals surface area contributed by atoms with E-state index in [-0.39, 0.29) is 11.2 Å². The second-order valence-corrected chi connectivity index (χ2v) is 6.16. The number of benzene rings is 1. The highest BCUT2D eigenvalue weighted by Gasteiger charge is 2.33. The molecule has 2 aromatic rings. The predicted molar refractivity (Wildman–Crippen MR) is 76.5 cm³/mol. The number of aromatic nitrogens is 1. The van der Waals surface area contributed by atoms with E-state index in [1.807, 2.05) is 37.3 Å². The van der Waals surface area contributed by atoms with Gasteiger partial charge in [-0.25, -0.2) is 0 Å². The van der Waals surface area contributed by atoms with E-state index in [1.165, 1.54) is 0 Å². The SMILES string of the molecule is Cc1cc2c(c(C(C)(C)C)n1)C(=O)c1ccccc1-2. The number of pyridine rings is 1. The lowest BCUT2D eigenvalue weighted by molar-refractivity contribution is 0.104. The van der Waals surface area contributed by atoms with Crippen LogP contribution in [0.5, 0.6) is 0 Å². The molecule has 19 heavy (non-hydrogen) atoms. The van der Waals surface area contributed by atoms with Crippen LogP contribution in [0.15, 0.2) is 30.3 Å². The molecule has 0 amide bonds. The Morgan fingerprint density at radius 3 is 2.26 bits per heavy atom. The van der Waals surface area contributed by atoms with Crippen LogP contribution < -0.4 is 0 Å². The molecule has 96 valence electrons. The first kappa shape index (κ1) is 12.1. The fourth-order valence-electron chi connectivity index (χ4n) is 2.71. The molecule has 1 aromatic carbocycles. The molecule has 0 atom stereocenters. The van der Waals surface area contributed by atoms with Crippen molar-refractivity contribution in [2.24, 2.45) is 0 Å². The highest BCUT2D eigenvalue weighted by Crippen LogP contribution is 2.40. The summed E-state index contributed by atoms with van der Waals surface area (Å²) in [7, 11) is 0. The van der Waals surface area contributed by atoms with Gasteiger partial charge in [-0.1, -0.05) is 45.0 Å². The first-order chi connectivity index (χ1) is 8.89. The molecule has 1 aliphatic rings. The van der Waals surface area contributed by atoms with Gasteiger partial charge in [0.15, 0.2) is 5.78 Å². The first-order valence-corrected chi connectivity index (χ1v) is 6.56. The molecule has 0 saturated carbocycles. The Kier molecular flexibility index (Phi) is 2.40. The van der Waals surface area contributed by atoms with Crippen molar-refractivity contribution in [3.05, 3.63) is 52.8 Å². The van der Waals surface area contributed by atoms with Gasteiger partial charge < -0.3 is 0 Å². The normalized spacial score (nSPS) is 13.4. The molecular weight excluding hydrogens is 234 g/mol. The summed E-state index contributed by atoms with van der Waals surface area (Å²) >= 11 is 0. The molecule has 0 unspecified atom stereocenters. The third kappa shape index (κ3) is 1.71. The summed E-state index contributed by atoms with van der Waals surface area (Å²) in [5.74, 6) is 0.114. The summed E-state index contributed by atoms with van der Waals surface area (Å²) < 4.78 is 0. The van der Waals surface area contributed by atoms with Crippen LogP contribution in [0.2, 0.25) is 0 Å². The fourth-order valence-corrected chi connectivity index (χ4v) is 2.71. The van der Waals surface area contributed by atoms with Gasteiger partial charge >= 0.3 is 0 Å². The van der Waals surface area contributed by atoms with Gasteiger partial charge in [-0.3, -0.25) is 9.78 Å². The summed E-state index contributed by atoms with van der Waals surface area (Å²) in [5.41, 5.74) is 5.41. The summed E-state index contributed by atoms with van der Waals surface area (Å²) in [6.45, 7) is 8.29. The van der Waals surface area contributed by atoms with Crippen LogP contribution in [0, 0.1) is 6.92 Å². The van der Waals surface area contributed by atoms with Gasteiger partial charge in [-0.2, -0.15) is 0 Å². The largest absolute Gasteiger partial charge is 0.288 e. The quantitative estimate of drug-likeness (QED) is 0.606. The maximum atomic E-state index is 12.6. The van der Waals surface area contributed by atoms with E-state index < -0.39 is 0 Å². The zero-order valence-electron chi connectivity index (χ0n) is 11.7. The van der Waals surface area contributed by atoms with Gasteiger partial charge in [-0.05, 0) is 24.1 Å². The smallest absolute Gasteiger partial charge is 0.196 e. The lowest BCUT2D eigenvalue weighted by atomic mass is 9.86. The number of hydrogen-bond donors (Lipinski definition) is 0. The fraction of sp³-hybridized carbons (Fsp3) is 0.294. The molecular formula is C17H17NO. The molecule has 3 rings (SSSR count). The Balaban J connectivity index is 2.39. The van der Waals surface area contributed by atoms with Crippen molar-refractivity contribution < 1.29 is 4.79 Å². The molecule has 0 spiro atoms. The number of aryl methyl sites for hydroxylation is 1. The topological polar surface area (TPSA) is 30.0 Å². The molecule has 2 heteroatoms. The van der Waals surface area contributed by atoms with Crippen LogP contribution in [0.4, 0.5) is 0 Å². The minimum atomic E-state index is -0.131. The monoisotopic (exact) mass is 251 g/mol. The number of carbonyl (C=O) groups excluding carboxylic acids is 1. The summed E-state index contributed by atoms with van der Waals surface area (Å²) in [6, 6.07) is 9.84. The summed E-state index contributed by atoms with van der Waals surface area (Å²) in [5, 5.41) is 0. The Labute approximate surface area is 113 Å². The molecule has 1 heterocycles. The number of fused-ring (bicyclic) bond motifs is 3. The second-order valence-electron chi connectivity index (χ2n) is 6.16. The Hall–Kier alpha value is -1.96. The van der Waals surface area contributed by atoms with Crippen molar-refractivity contribution in [1.29, 1.82) is 0 Å². The van der Waals surface area contributed by atoms with Crippen LogP contribution >= 0.6 is 0 Å². The van der Waals surface area contributed by atoms with Crippen molar-refractivity contribution in [3.63, 3.8) is 0 Å². The van der Waals surface area contributed by atoms with E-state index in [0.29, 0.717) is 0 Å². The highest BCUT2D eigenvalue weighted by atomic mass is 16.1. The van der Waals surface area contributed by atoms with Crippen molar-refractivity contribution in [1.82, 2.24) is 4.98 Å². The second kappa shape index (κ2) is 3.77. The first-order valence-electron chi connectivity index (χ1n) is 6.56. The maximum absolute atomic E-state index is 12.6. The van der Waals surface area contributed by atoms with Crippen LogP contribution in [-0.4, -0.2) is 10.8 Å². The van der Waals surface area contributed by atoms with Crippen molar-refractivity contribution >= 4 is 5.78 Å². The molecule has 0 fully saturated rings. The van der Waals surface area contributed by atoms with Gasteiger partial charge in [0.1, 0.15) is 0 Å². The zero-order valence-corrected chi connectivity index (χ0v) is 11.7. The van der Waals surface area contributed by atoms with Crippen molar-refractivity contribution in [3.8, 4) is 11.1 Å². The standard InChI is InChI=1S/C17H17NO/c1-10-9-13-11-7-5-6-8-12(11)15(19)14(13)16(18-10)17(2,3)4/h5-9H,1-4H3. The third-order valence-corrected chi connectivity index (χ3v) is 3.55. The molecule has 0 N–H and O–H groups in total. The Morgan fingerprint density at radius 1 is 1.00 bits per heavy atom. The van der Waals surface area contributed by atoms with E-state index in [2.05, 4.69) is 25.8 Å². The molecule has 0 radical (unpaired) electrons. The van der Waals surface area contributed by atoms with Crippen molar-refractivity contribution in [2.45, 2.75) is 33.1 Å².